The number of nitrogens with zero attached hydrogens (tertiary/aromatic N) is 3. The lowest BCUT2D eigenvalue weighted by atomic mass is 9.85. The summed E-state index contributed by atoms with van der Waals surface area (Å²) < 4.78 is 16.1. The Morgan fingerprint density at radius 3 is 2.33 bits per heavy atom. The Morgan fingerprint density at radius 2 is 1.61 bits per heavy atom. The van der Waals surface area contributed by atoms with Gasteiger partial charge in [0.15, 0.2) is 0 Å². The molecule has 0 fully saturated rings. The van der Waals surface area contributed by atoms with Crippen molar-refractivity contribution in [2.45, 2.75) is 72.6 Å². The van der Waals surface area contributed by atoms with Crippen LogP contribution in [-0.2, 0) is 25.4 Å². The molecule has 1 amide bonds. The quantitative estimate of drug-likeness (QED) is 0.170. The summed E-state index contributed by atoms with van der Waals surface area (Å²) in [6.07, 6.45) is 6.12. The number of rotatable bonds is 14. The number of methoxy groups -OCH3 is 1. The average Bonchev–Trinajstić information content (AvgIpc) is 3.79. The van der Waals surface area contributed by atoms with Gasteiger partial charge < -0.3 is 29.1 Å². The number of carbonyl (C=O) groups excluding carboxylic acids is 1. The van der Waals surface area contributed by atoms with E-state index in [0.717, 1.165) is 73.5 Å². The fourth-order valence-corrected chi connectivity index (χ4v) is 6.94. The molecule has 9 heteroatoms. The number of fused-ring (bicyclic) bond motifs is 8. The van der Waals surface area contributed by atoms with Crippen LogP contribution in [-0.4, -0.2) is 84.5 Å². The van der Waals surface area contributed by atoms with Gasteiger partial charge in [-0.15, -0.1) is 0 Å². The molecule has 0 spiro atoms. The summed E-state index contributed by atoms with van der Waals surface area (Å²) in [6, 6.07) is 6.55. The standard InChI is InChI=1S/C40H53N5O4/c1-10-29-26(5)35-23-38-30(11-2)25(4)34(42-38)22-36-27(6)31(12-13-39(46)45(8)14-15-48-18-19-49-17-16-47-9)40(44-36)28(7)33-20-24(3)32(41-33)21-37(29)43-35/h11,20-23,27,31,42-43H,2,10,12-19H2,1,3-9H3/t27-,31-/m0/s1. The highest BCUT2D eigenvalue weighted by Crippen LogP contribution is 2.42. The molecule has 2 N–H and O–H groups in total. The zero-order valence-electron chi connectivity index (χ0n) is 30.6. The second-order valence-electron chi connectivity index (χ2n) is 13.3. The number of H-pyrrole nitrogens is 2. The molecule has 3 aromatic heterocycles. The molecule has 2 atom stereocenters. The lowest BCUT2D eigenvalue weighted by molar-refractivity contribution is -0.130. The minimum Gasteiger partial charge on any atom is -0.382 e. The summed E-state index contributed by atoms with van der Waals surface area (Å²) in [7, 11) is 3.49. The van der Waals surface area contributed by atoms with Crippen LogP contribution >= 0.6 is 0 Å². The van der Waals surface area contributed by atoms with Crippen molar-refractivity contribution in [3.05, 3.63) is 75.4 Å². The zero-order chi connectivity index (χ0) is 35.2. The number of ether oxygens (including phenoxy) is 3. The van der Waals surface area contributed by atoms with Gasteiger partial charge in [-0.05, 0) is 92.6 Å². The van der Waals surface area contributed by atoms with Crippen molar-refractivity contribution < 1.29 is 19.0 Å². The Hall–Kier alpha value is -4.05. The van der Waals surface area contributed by atoms with E-state index in [0.29, 0.717) is 52.4 Å². The number of likely N-dealkylation sites (N-methyl/N-ethyl adjacent to an activating group) is 1. The molecule has 0 aliphatic carbocycles. The Balaban J connectivity index is 1.50. The van der Waals surface area contributed by atoms with E-state index >= 15 is 0 Å². The predicted octanol–water partition coefficient (Wildman–Crippen LogP) is 7.81. The number of aromatic nitrogens is 4. The number of aryl methyl sites for hydroxylation is 3. The molecule has 2 aliphatic rings. The van der Waals surface area contributed by atoms with Gasteiger partial charge in [-0.2, -0.15) is 0 Å². The van der Waals surface area contributed by atoms with Crippen LogP contribution in [0.25, 0.3) is 39.8 Å². The smallest absolute Gasteiger partial charge is 0.222 e. The Morgan fingerprint density at radius 1 is 0.918 bits per heavy atom. The van der Waals surface area contributed by atoms with Gasteiger partial charge in [-0.25, -0.2) is 4.98 Å². The number of aromatic amines is 2. The lowest BCUT2D eigenvalue weighted by Crippen LogP contribution is -2.30. The van der Waals surface area contributed by atoms with Crippen LogP contribution in [0.1, 0.15) is 96.0 Å². The summed E-state index contributed by atoms with van der Waals surface area (Å²) >= 11 is 0. The lowest BCUT2D eigenvalue weighted by Gasteiger charge is -2.21. The SMILES string of the molecule is C=Cc1c(C)c2cc3nc(c(C)c4nc(cc5[nH]c(cc1[nH]2)c(C)c5CC)C(C)=C4)[C@@H](CCC(=O)N(C)CCOCCOCCOC)[C@@H]3C. The highest BCUT2D eigenvalue weighted by atomic mass is 16.5. The molecular weight excluding hydrogens is 614 g/mol. The van der Waals surface area contributed by atoms with Crippen molar-refractivity contribution in [1.82, 2.24) is 24.8 Å². The van der Waals surface area contributed by atoms with E-state index in [2.05, 4.69) is 82.4 Å². The summed E-state index contributed by atoms with van der Waals surface area (Å²) in [5.74, 6) is 0.288. The first-order valence-electron chi connectivity index (χ1n) is 17.5. The van der Waals surface area contributed by atoms with Crippen LogP contribution < -0.4 is 0 Å². The maximum Gasteiger partial charge on any atom is 0.222 e. The van der Waals surface area contributed by atoms with E-state index in [1.165, 1.54) is 11.1 Å². The molecule has 0 saturated heterocycles. The number of nitrogens with one attached hydrogen (secondary N) is 2. The second kappa shape index (κ2) is 16.1. The minimum absolute atomic E-state index is 0.0734. The van der Waals surface area contributed by atoms with Crippen LogP contribution in [0.5, 0.6) is 0 Å². The van der Waals surface area contributed by atoms with Crippen molar-refractivity contribution in [3.63, 3.8) is 0 Å². The summed E-state index contributed by atoms with van der Waals surface area (Å²) in [6.45, 7) is 20.2. The highest BCUT2D eigenvalue weighted by molar-refractivity contribution is 5.86. The van der Waals surface area contributed by atoms with E-state index < -0.39 is 0 Å². The van der Waals surface area contributed by atoms with Gasteiger partial charge in [-0.1, -0.05) is 26.5 Å². The zero-order valence-corrected chi connectivity index (χ0v) is 30.6. The maximum absolute atomic E-state index is 13.3. The molecule has 3 aromatic rings. The molecule has 5 rings (SSSR count). The first-order valence-corrected chi connectivity index (χ1v) is 17.5. The van der Waals surface area contributed by atoms with Gasteiger partial charge in [0.1, 0.15) is 0 Å². The molecule has 5 heterocycles. The van der Waals surface area contributed by atoms with E-state index in [4.69, 9.17) is 24.2 Å². The third kappa shape index (κ3) is 7.90. The van der Waals surface area contributed by atoms with E-state index in [1.54, 1.807) is 12.0 Å². The summed E-state index contributed by atoms with van der Waals surface area (Å²) in [4.78, 5) is 32.9. The first kappa shape index (κ1) is 36.2. The molecule has 2 aliphatic heterocycles. The van der Waals surface area contributed by atoms with Crippen molar-refractivity contribution >= 4 is 45.7 Å². The number of amides is 1. The fraction of sp³-hybridized carbons (Fsp3) is 0.475. The van der Waals surface area contributed by atoms with Crippen LogP contribution in [0.4, 0.5) is 0 Å². The van der Waals surface area contributed by atoms with Crippen LogP contribution in [0.3, 0.4) is 0 Å². The van der Waals surface area contributed by atoms with Crippen LogP contribution in [0.15, 0.2) is 24.8 Å². The van der Waals surface area contributed by atoms with E-state index in [1.807, 2.05) is 13.1 Å². The van der Waals surface area contributed by atoms with Crippen molar-refractivity contribution in [2.24, 2.45) is 0 Å². The molecule has 0 saturated carbocycles. The van der Waals surface area contributed by atoms with Crippen molar-refractivity contribution in [3.8, 4) is 0 Å². The predicted molar refractivity (Wildman–Crippen MR) is 200 cm³/mol. The van der Waals surface area contributed by atoms with Gasteiger partial charge in [0, 0.05) is 78.0 Å². The minimum atomic E-state index is 0.0734. The monoisotopic (exact) mass is 667 g/mol. The van der Waals surface area contributed by atoms with Crippen LogP contribution in [0, 0.1) is 20.8 Å². The third-order valence-corrected chi connectivity index (χ3v) is 10.1. The number of carbonyl (C=O) groups is 1. The van der Waals surface area contributed by atoms with Crippen molar-refractivity contribution in [1.29, 1.82) is 0 Å². The van der Waals surface area contributed by atoms with E-state index in [-0.39, 0.29) is 17.7 Å². The topological polar surface area (TPSA) is 105 Å². The second-order valence-corrected chi connectivity index (χ2v) is 13.3. The summed E-state index contributed by atoms with van der Waals surface area (Å²) in [5, 5.41) is 0. The van der Waals surface area contributed by atoms with Gasteiger partial charge in [-0.3, -0.25) is 9.78 Å². The molecule has 0 aromatic carbocycles. The first-order chi connectivity index (χ1) is 23.6. The Labute approximate surface area is 290 Å². The molecular formula is C40H53N5O4. The highest BCUT2D eigenvalue weighted by Gasteiger charge is 2.31. The average molecular weight is 668 g/mol. The Kier molecular flexibility index (Phi) is 11.9. The third-order valence-electron chi connectivity index (χ3n) is 10.1. The molecule has 0 radical (unpaired) electrons. The van der Waals surface area contributed by atoms with Gasteiger partial charge >= 0.3 is 0 Å². The molecule has 8 bridgehead atoms. The number of allylic oxidation sites excluding steroid dienone is 1. The Bertz CT molecular complexity index is 1880. The number of hydrogen-bond donors (Lipinski definition) is 2. The number of hydrogen-bond acceptors (Lipinski definition) is 6. The van der Waals surface area contributed by atoms with Gasteiger partial charge in [0.2, 0.25) is 5.91 Å². The van der Waals surface area contributed by atoms with E-state index in [9.17, 15) is 4.79 Å². The molecule has 9 nitrogen and oxygen atoms in total. The molecule has 262 valence electrons. The fourth-order valence-electron chi connectivity index (χ4n) is 6.94. The largest absolute Gasteiger partial charge is 0.382 e. The molecule has 0 unspecified atom stereocenters. The normalized spacial score (nSPS) is 15.8. The maximum atomic E-state index is 13.3. The van der Waals surface area contributed by atoms with Gasteiger partial charge in [0.05, 0.1) is 44.4 Å². The van der Waals surface area contributed by atoms with Crippen molar-refractivity contribution in [2.75, 3.05) is 53.7 Å². The van der Waals surface area contributed by atoms with Gasteiger partial charge in [0.25, 0.3) is 0 Å². The molecule has 49 heavy (non-hydrogen) atoms. The van der Waals surface area contributed by atoms with Crippen LogP contribution in [0.2, 0.25) is 0 Å². The summed E-state index contributed by atoms with van der Waals surface area (Å²) in [5.41, 5.74) is 15.0.